The molecule has 0 aromatic rings. The molecule has 1 N–H and O–H groups in total. The lowest BCUT2D eigenvalue weighted by Crippen LogP contribution is -2.60. The van der Waals surface area contributed by atoms with Crippen molar-refractivity contribution >= 4 is 28.5 Å². The fraction of sp³-hybridized carbons (Fsp3) is 0.889. The molecule has 0 aromatic heterocycles. The van der Waals surface area contributed by atoms with Crippen LogP contribution in [-0.2, 0) is 9.53 Å². The van der Waals surface area contributed by atoms with E-state index in [2.05, 4.69) is 34.8 Å². The smallest absolute Gasteiger partial charge is 0.238 e. The van der Waals surface area contributed by atoms with E-state index >= 15 is 0 Å². The van der Waals surface area contributed by atoms with Crippen molar-refractivity contribution in [2.24, 2.45) is 0 Å². The van der Waals surface area contributed by atoms with Crippen LogP contribution in [0.1, 0.15) is 26.2 Å². The number of nitrogens with one attached hydrogen (secondary N) is 1. The summed E-state index contributed by atoms with van der Waals surface area (Å²) in [5, 5.41) is 2.75. The number of β-lactam (4-membered cyclic amide) rings is 1. The fourth-order valence-corrected chi connectivity index (χ4v) is 1.74. The van der Waals surface area contributed by atoms with Gasteiger partial charge in [-0.15, -0.1) is 0 Å². The Morgan fingerprint density at radius 2 is 2.38 bits per heavy atom. The molecule has 0 spiro atoms. The second kappa shape index (κ2) is 5.14. The summed E-state index contributed by atoms with van der Waals surface area (Å²) in [6, 6.07) is 0. The number of ether oxygens (including phenoxy) is 1. The molecule has 0 saturated carbocycles. The molecule has 76 valence electrons. The topological polar surface area (TPSA) is 38.3 Å². The van der Waals surface area contributed by atoms with Gasteiger partial charge < -0.3 is 10.1 Å². The predicted octanol–water partition coefficient (Wildman–Crippen LogP) is 1.50. The standard InChI is InChI=1S/C9H16INO2/c1-2-3-5-13-6-4-9(10)7-11-8(9)12/h2-7H2,1H3,(H,11,12). The van der Waals surface area contributed by atoms with Crippen molar-refractivity contribution < 1.29 is 9.53 Å². The van der Waals surface area contributed by atoms with E-state index in [0.717, 1.165) is 32.4 Å². The van der Waals surface area contributed by atoms with Crippen molar-refractivity contribution in [2.75, 3.05) is 19.8 Å². The van der Waals surface area contributed by atoms with E-state index in [-0.39, 0.29) is 9.33 Å². The minimum Gasteiger partial charge on any atom is -0.381 e. The largest absolute Gasteiger partial charge is 0.381 e. The number of amides is 1. The van der Waals surface area contributed by atoms with Crippen molar-refractivity contribution in [3.05, 3.63) is 0 Å². The molecule has 0 aromatic carbocycles. The molecule has 13 heavy (non-hydrogen) atoms. The molecule has 0 aliphatic carbocycles. The lowest BCUT2D eigenvalue weighted by atomic mass is 9.98. The molecular formula is C9H16INO2. The Morgan fingerprint density at radius 1 is 1.62 bits per heavy atom. The van der Waals surface area contributed by atoms with Crippen LogP contribution in [0.25, 0.3) is 0 Å². The number of halogens is 1. The van der Waals surface area contributed by atoms with Crippen LogP contribution in [-0.4, -0.2) is 29.1 Å². The van der Waals surface area contributed by atoms with Crippen LogP contribution in [0.4, 0.5) is 0 Å². The molecule has 1 amide bonds. The molecule has 0 radical (unpaired) electrons. The van der Waals surface area contributed by atoms with Gasteiger partial charge in [-0.1, -0.05) is 35.9 Å². The van der Waals surface area contributed by atoms with Crippen LogP contribution in [0.15, 0.2) is 0 Å². The second-order valence-electron chi connectivity index (χ2n) is 3.36. The molecule has 1 unspecified atom stereocenters. The maximum absolute atomic E-state index is 11.1. The Balaban J connectivity index is 2.02. The van der Waals surface area contributed by atoms with Crippen molar-refractivity contribution in [2.45, 2.75) is 29.6 Å². The molecule has 4 heteroatoms. The molecule has 1 atom stereocenters. The average molecular weight is 297 g/mol. The number of hydrogen-bond acceptors (Lipinski definition) is 2. The molecule has 3 nitrogen and oxygen atoms in total. The van der Waals surface area contributed by atoms with E-state index in [0.29, 0.717) is 6.61 Å². The van der Waals surface area contributed by atoms with Crippen molar-refractivity contribution in [3.63, 3.8) is 0 Å². The zero-order chi connectivity index (χ0) is 9.73. The number of hydrogen-bond donors (Lipinski definition) is 1. The molecule has 1 fully saturated rings. The van der Waals surface area contributed by atoms with Crippen LogP contribution in [0.5, 0.6) is 0 Å². The van der Waals surface area contributed by atoms with E-state index in [1.54, 1.807) is 0 Å². The summed E-state index contributed by atoms with van der Waals surface area (Å²) in [6.07, 6.45) is 3.11. The second-order valence-corrected chi connectivity index (χ2v) is 5.43. The molecule has 1 aliphatic heterocycles. The van der Waals surface area contributed by atoms with Crippen molar-refractivity contribution in [1.82, 2.24) is 5.32 Å². The van der Waals surface area contributed by atoms with Crippen molar-refractivity contribution in [1.29, 1.82) is 0 Å². The van der Waals surface area contributed by atoms with E-state index in [1.165, 1.54) is 0 Å². The van der Waals surface area contributed by atoms with E-state index in [4.69, 9.17) is 4.74 Å². The summed E-state index contributed by atoms with van der Waals surface area (Å²) < 4.78 is 5.23. The quantitative estimate of drug-likeness (QED) is 0.349. The molecule has 0 bridgehead atoms. The van der Waals surface area contributed by atoms with Gasteiger partial charge in [0.1, 0.15) is 3.42 Å². The van der Waals surface area contributed by atoms with Gasteiger partial charge in [-0.3, -0.25) is 4.79 Å². The Kier molecular flexibility index (Phi) is 4.45. The summed E-state index contributed by atoms with van der Waals surface area (Å²) in [5.41, 5.74) is 0. The highest BCUT2D eigenvalue weighted by Gasteiger charge is 2.43. The molecule has 1 aliphatic rings. The summed E-state index contributed by atoms with van der Waals surface area (Å²) in [6.45, 7) is 4.47. The lowest BCUT2D eigenvalue weighted by Gasteiger charge is -2.35. The summed E-state index contributed by atoms with van der Waals surface area (Å²) in [4.78, 5) is 11.1. The average Bonchev–Trinajstić information content (AvgIpc) is 2.15. The van der Waals surface area contributed by atoms with Gasteiger partial charge in [0.05, 0.1) is 0 Å². The minimum atomic E-state index is -0.177. The van der Waals surface area contributed by atoms with Gasteiger partial charge in [0.15, 0.2) is 0 Å². The van der Waals surface area contributed by atoms with E-state index < -0.39 is 0 Å². The molecule has 1 saturated heterocycles. The minimum absolute atomic E-state index is 0.159. The molecular weight excluding hydrogens is 281 g/mol. The van der Waals surface area contributed by atoms with Gasteiger partial charge in [0.25, 0.3) is 0 Å². The SMILES string of the molecule is CCCCOCCC1(I)CNC1=O. The monoisotopic (exact) mass is 297 g/mol. The fourth-order valence-electron chi connectivity index (χ4n) is 1.14. The number of rotatable bonds is 6. The van der Waals surface area contributed by atoms with Crippen LogP contribution in [0.3, 0.4) is 0 Å². The Morgan fingerprint density at radius 3 is 2.85 bits per heavy atom. The summed E-state index contributed by atoms with van der Waals surface area (Å²) in [5.74, 6) is 0.159. The summed E-state index contributed by atoms with van der Waals surface area (Å²) in [7, 11) is 0. The van der Waals surface area contributed by atoms with Crippen LogP contribution >= 0.6 is 22.6 Å². The van der Waals surface area contributed by atoms with Gasteiger partial charge in [0.2, 0.25) is 5.91 Å². The van der Waals surface area contributed by atoms with Gasteiger partial charge in [-0.05, 0) is 12.8 Å². The highest BCUT2D eigenvalue weighted by Crippen LogP contribution is 2.28. The van der Waals surface area contributed by atoms with E-state index in [9.17, 15) is 4.79 Å². The Hall–Kier alpha value is 0.160. The van der Waals surface area contributed by atoms with Crippen LogP contribution in [0.2, 0.25) is 0 Å². The number of unbranched alkanes of at least 4 members (excludes halogenated alkanes) is 1. The van der Waals surface area contributed by atoms with E-state index in [1.807, 2.05) is 0 Å². The zero-order valence-electron chi connectivity index (χ0n) is 7.94. The van der Waals surface area contributed by atoms with Gasteiger partial charge in [-0.25, -0.2) is 0 Å². The maximum atomic E-state index is 11.1. The first kappa shape index (κ1) is 11.2. The highest BCUT2D eigenvalue weighted by molar-refractivity contribution is 14.1. The third kappa shape index (κ3) is 3.09. The Labute approximate surface area is 92.7 Å². The third-order valence-electron chi connectivity index (χ3n) is 2.22. The highest BCUT2D eigenvalue weighted by atomic mass is 127. The first-order valence-corrected chi connectivity index (χ1v) is 5.82. The van der Waals surface area contributed by atoms with Crippen LogP contribution in [0, 0.1) is 0 Å². The third-order valence-corrected chi connectivity index (χ3v) is 3.63. The number of alkyl halides is 1. The summed E-state index contributed by atoms with van der Waals surface area (Å²) >= 11 is 2.22. The number of carbonyl (C=O) groups is 1. The first-order valence-electron chi connectivity index (χ1n) is 4.74. The molecule has 1 rings (SSSR count). The van der Waals surface area contributed by atoms with Crippen molar-refractivity contribution in [3.8, 4) is 0 Å². The van der Waals surface area contributed by atoms with Crippen LogP contribution < -0.4 is 5.32 Å². The number of carbonyl (C=O) groups excluding carboxylic acids is 1. The van der Waals surface area contributed by atoms with Gasteiger partial charge >= 0.3 is 0 Å². The maximum Gasteiger partial charge on any atom is 0.238 e. The molecule has 1 heterocycles. The predicted molar refractivity (Wildman–Crippen MR) is 60.1 cm³/mol. The van der Waals surface area contributed by atoms with Gasteiger partial charge in [-0.2, -0.15) is 0 Å². The normalized spacial score (nSPS) is 26.8. The zero-order valence-corrected chi connectivity index (χ0v) is 10.1. The Bertz CT molecular complexity index is 186. The lowest BCUT2D eigenvalue weighted by molar-refractivity contribution is -0.128. The first-order chi connectivity index (χ1) is 6.19. The van der Waals surface area contributed by atoms with Gasteiger partial charge in [0, 0.05) is 19.8 Å².